The van der Waals surface area contributed by atoms with Crippen LogP contribution in [0.15, 0.2) is 0 Å². The van der Waals surface area contributed by atoms with E-state index in [4.69, 9.17) is 15.3 Å². The van der Waals surface area contributed by atoms with Crippen molar-refractivity contribution in [1.29, 1.82) is 10.5 Å². The zero-order valence-corrected chi connectivity index (χ0v) is 13.0. The number of ether oxygens (including phenoxy) is 2. The van der Waals surface area contributed by atoms with Crippen LogP contribution in [0.25, 0.3) is 0 Å². The van der Waals surface area contributed by atoms with Crippen molar-refractivity contribution in [3.63, 3.8) is 0 Å². The summed E-state index contributed by atoms with van der Waals surface area (Å²) in [4.78, 5) is 35.7. The number of hydrogen-bond donors (Lipinski definition) is 0. The van der Waals surface area contributed by atoms with Crippen LogP contribution in [-0.4, -0.2) is 30.9 Å². The second-order valence-electron chi connectivity index (χ2n) is 4.49. The maximum Gasteiger partial charge on any atom is 0.316 e. The largest absolute Gasteiger partial charge is 0.466 e. The molecule has 0 heterocycles. The molecule has 0 N–H and O–H groups in total. The first-order valence-corrected chi connectivity index (χ1v) is 7.10. The smallest absolute Gasteiger partial charge is 0.316 e. The van der Waals surface area contributed by atoms with Gasteiger partial charge in [0.15, 0.2) is 5.78 Å². The summed E-state index contributed by atoms with van der Waals surface area (Å²) in [5, 5.41) is 18.0. The highest BCUT2D eigenvalue weighted by Crippen LogP contribution is 2.27. The number of carbonyl (C=O) groups excluding carboxylic acids is 3. The molecule has 0 aromatic carbocycles. The molecule has 7 heteroatoms. The average Bonchev–Trinajstić information content (AvgIpc) is 2.47. The molecular weight excluding hydrogens is 288 g/mol. The molecule has 2 unspecified atom stereocenters. The lowest BCUT2D eigenvalue weighted by atomic mass is 9.78. The van der Waals surface area contributed by atoms with Crippen molar-refractivity contribution in [2.24, 2.45) is 17.8 Å². The molecule has 22 heavy (non-hydrogen) atoms. The van der Waals surface area contributed by atoms with E-state index < -0.39 is 41.9 Å². The number of rotatable bonds is 9. The van der Waals surface area contributed by atoms with Gasteiger partial charge in [-0.05, 0) is 20.3 Å². The molecule has 2 atom stereocenters. The molecule has 0 aliphatic rings. The summed E-state index contributed by atoms with van der Waals surface area (Å²) in [6, 6.07) is 3.55. The first-order valence-electron chi connectivity index (χ1n) is 7.10. The van der Waals surface area contributed by atoms with Crippen LogP contribution in [0.1, 0.15) is 33.6 Å². The van der Waals surface area contributed by atoms with Crippen LogP contribution < -0.4 is 0 Å². The Kier molecular flexibility index (Phi) is 9.20. The molecule has 0 aromatic rings. The van der Waals surface area contributed by atoms with Gasteiger partial charge >= 0.3 is 11.9 Å². The van der Waals surface area contributed by atoms with Crippen LogP contribution in [0.2, 0.25) is 0 Å². The maximum absolute atomic E-state index is 12.3. The molecule has 0 aromatic heterocycles. The Bertz CT molecular complexity index is 475. The highest BCUT2D eigenvalue weighted by molar-refractivity contribution is 6.06. The molecule has 0 saturated heterocycles. The van der Waals surface area contributed by atoms with E-state index in [0.29, 0.717) is 0 Å². The van der Waals surface area contributed by atoms with E-state index in [1.54, 1.807) is 32.9 Å². The average molecular weight is 308 g/mol. The number of hydrogen-bond acceptors (Lipinski definition) is 7. The van der Waals surface area contributed by atoms with Crippen LogP contribution in [0.5, 0.6) is 0 Å². The Hall–Kier alpha value is -2.41. The second-order valence-corrected chi connectivity index (χ2v) is 4.49. The fourth-order valence-corrected chi connectivity index (χ4v) is 2.13. The van der Waals surface area contributed by atoms with Gasteiger partial charge < -0.3 is 9.47 Å². The van der Waals surface area contributed by atoms with Crippen molar-refractivity contribution in [2.45, 2.75) is 33.6 Å². The lowest BCUT2D eigenvalue weighted by Gasteiger charge is -2.23. The highest BCUT2D eigenvalue weighted by atomic mass is 16.5. The van der Waals surface area contributed by atoms with Gasteiger partial charge in [0.05, 0.1) is 25.4 Å². The topological polar surface area (TPSA) is 117 Å². The summed E-state index contributed by atoms with van der Waals surface area (Å²) in [7, 11) is 0. The summed E-state index contributed by atoms with van der Waals surface area (Å²) < 4.78 is 9.54. The summed E-state index contributed by atoms with van der Waals surface area (Å²) in [6.45, 7) is 5.02. The standard InChI is InChI=1S/C15H20N2O5/c1-4-11(10(8-16)9-17)14(15(20)22-6-3)12(18)7-13(19)21-5-2/h10-11,14H,4-7H2,1-3H3. The van der Waals surface area contributed by atoms with Gasteiger partial charge in [-0.3, -0.25) is 14.4 Å². The first-order chi connectivity index (χ1) is 10.5. The maximum atomic E-state index is 12.3. The van der Waals surface area contributed by atoms with Crippen molar-refractivity contribution < 1.29 is 23.9 Å². The van der Waals surface area contributed by atoms with Crippen LogP contribution >= 0.6 is 0 Å². The van der Waals surface area contributed by atoms with Crippen LogP contribution in [0.4, 0.5) is 0 Å². The van der Waals surface area contributed by atoms with Crippen LogP contribution in [0, 0.1) is 40.4 Å². The molecule has 0 aliphatic carbocycles. The molecular formula is C15H20N2O5. The molecule has 0 amide bonds. The van der Waals surface area contributed by atoms with Crippen molar-refractivity contribution in [2.75, 3.05) is 13.2 Å². The summed E-state index contributed by atoms with van der Waals surface area (Å²) in [5.41, 5.74) is 0. The van der Waals surface area contributed by atoms with E-state index in [1.165, 1.54) is 0 Å². The molecule has 7 nitrogen and oxygen atoms in total. The van der Waals surface area contributed by atoms with E-state index in [1.807, 2.05) is 0 Å². The Morgan fingerprint density at radius 3 is 1.95 bits per heavy atom. The van der Waals surface area contributed by atoms with E-state index in [9.17, 15) is 14.4 Å². The molecule has 0 saturated carbocycles. The fraction of sp³-hybridized carbons (Fsp3) is 0.667. The number of nitrogens with zero attached hydrogens (tertiary/aromatic N) is 2. The number of ketones is 1. The fourth-order valence-electron chi connectivity index (χ4n) is 2.13. The summed E-state index contributed by atoms with van der Waals surface area (Å²) in [5.74, 6) is -5.54. The third kappa shape index (κ3) is 5.53. The predicted molar refractivity (Wildman–Crippen MR) is 74.9 cm³/mol. The van der Waals surface area contributed by atoms with Crippen LogP contribution in [0.3, 0.4) is 0 Å². The van der Waals surface area contributed by atoms with E-state index in [0.717, 1.165) is 0 Å². The Balaban J connectivity index is 5.40. The quantitative estimate of drug-likeness (QED) is 0.466. The minimum Gasteiger partial charge on any atom is -0.466 e. The van der Waals surface area contributed by atoms with Gasteiger partial charge in [-0.25, -0.2) is 0 Å². The molecule has 0 bridgehead atoms. The van der Waals surface area contributed by atoms with Crippen molar-refractivity contribution in [1.82, 2.24) is 0 Å². The van der Waals surface area contributed by atoms with Gasteiger partial charge in [0.25, 0.3) is 0 Å². The van der Waals surface area contributed by atoms with E-state index in [2.05, 4.69) is 4.74 Å². The Morgan fingerprint density at radius 2 is 1.55 bits per heavy atom. The lowest BCUT2D eigenvalue weighted by molar-refractivity contribution is -0.156. The van der Waals surface area contributed by atoms with Gasteiger partial charge in [-0.15, -0.1) is 0 Å². The Labute approximate surface area is 129 Å². The van der Waals surface area contributed by atoms with E-state index in [-0.39, 0.29) is 19.6 Å². The molecule has 120 valence electrons. The third-order valence-electron chi connectivity index (χ3n) is 3.12. The highest BCUT2D eigenvalue weighted by Gasteiger charge is 2.40. The molecule has 0 spiro atoms. The lowest BCUT2D eigenvalue weighted by Crippen LogP contribution is -2.37. The molecule has 0 aliphatic heterocycles. The van der Waals surface area contributed by atoms with Crippen molar-refractivity contribution in [3.05, 3.63) is 0 Å². The van der Waals surface area contributed by atoms with Gasteiger partial charge in [-0.1, -0.05) is 6.92 Å². The zero-order valence-electron chi connectivity index (χ0n) is 13.0. The monoisotopic (exact) mass is 308 g/mol. The SMILES string of the molecule is CCOC(=O)CC(=O)C(C(=O)OCC)C(CC)C(C#N)C#N. The summed E-state index contributed by atoms with van der Waals surface area (Å²) in [6.07, 6.45) is -0.332. The molecule has 0 rings (SSSR count). The zero-order chi connectivity index (χ0) is 17.1. The number of nitriles is 2. The van der Waals surface area contributed by atoms with Crippen molar-refractivity contribution >= 4 is 17.7 Å². The van der Waals surface area contributed by atoms with Crippen molar-refractivity contribution in [3.8, 4) is 12.1 Å². The van der Waals surface area contributed by atoms with Gasteiger partial charge in [0.1, 0.15) is 18.3 Å². The minimum atomic E-state index is -1.32. The number of carbonyl (C=O) groups is 3. The van der Waals surface area contributed by atoms with Crippen LogP contribution in [-0.2, 0) is 23.9 Å². The minimum absolute atomic E-state index is 0.0578. The van der Waals surface area contributed by atoms with E-state index >= 15 is 0 Å². The Morgan fingerprint density at radius 1 is 1.00 bits per heavy atom. The third-order valence-corrected chi connectivity index (χ3v) is 3.12. The normalized spacial score (nSPS) is 12.6. The number of Topliss-reactive ketones (excluding diaryl/α,β-unsaturated/α-hetero) is 1. The second kappa shape index (κ2) is 10.3. The summed E-state index contributed by atoms with van der Waals surface area (Å²) >= 11 is 0. The number of esters is 2. The molecule has 0 radical (unpaired) electrons. The predicted octanol–water partition coefficient (Wildman–Crippen LogP) is 1.38. The van der Waals surface area contributed by atoms with Gasteiger partial charge in [-0.2, -0.15) is 10.5 Å². The van der Waals surface area contributed by atoms with Gasteiger partial charge in [0.2, 0.25) is 0 Å². The first kappa shape index (κ1) is 19.6. The van der Waals surface area contributed by atoms with Gasteiger partial charge in [0, 0.05) is 5.92 Å². The molecule has 0 fully saturated rings.